The van der Waals surface area contributed by atoms with Crippen LogP contribution in [0.25, 0.3) is 10.8 Å². The van der Waals surface area contributed by atoms with E-state index in [4.69, 9.17) is 9.15 Å². The third-order valence-corrected chi connectivity index (χ3v) is 2.04. The van der Waals surface area contributed by atoms with Gasteiger partial charge >= 0.3 is 0 Å². The first kappa shape index (κ1) is 8.87. The summed E-state index contributed by atoms with van der Waals surface area (Å²) in [5, 5.41) is 11.1. The van der Waals surface area contributed by atoms with E-state index < -0.39 is 0 Å². The molecule has 2 aromatic heterocycles. The zero-order valence-electron chi connectivity index (χ0n) is 8.07. The molecule has 0 aliphatic rings. The molecule has 2 rings (SSSR count). The highest BCUT2D eigenvalue weighted by molar-refractivity contribution is 5.91. The van der Waals surface area contributed by atoms with Crippen molar-refractivity contribution in [1.29, 1.82) is 0 Å². The number of fused-ring (bicyclic) bond motifs is 1. The van der Waals surface area contributed by atoms with Gasteiger partial charge in [0.15, 0.2) is 5.75 Å². The largest absolute Gasteiger partial charge is 0.505 e. The molecule has 0 aliphatic heterocycles. The predicted octanol–water partition coefficient (Wildman–Crippen LogP) is 2.24. The molecule has 0 fully saturated rings. The fraction of sp³-hybridized carbons (Fsp3) is 0.300. The van der Waals surface area contributed by atoms with Gasteiger partial charge in [0.1, 0.15) is 11.6 Å². The molecule has 4 nitrogen and oxygen atoms in total. The topological polar surface area (TPSA) is 55.5 Å². The Morgan fingerprint density at radius 3 is 3.07 bits per heavy atom. The molecular weight excluding hydrogens is 182 g/mol. The summed E-state index contributed by atoms with van der Waals surface area (Å²) in [7, 11) is 0. The van der Waals surface area contributed by atoms with Crippen LogP contribution in [0, 0.1) is 6.92 Å². The van der Waals surface area contributed by atoms with Crippen LogP contribution in [0.2, 0.25) is 0 Å². The molecule has 14 heavy (non-hydrogen) atoms. The number of rotatable bonds is 2. The number of pyridine rings is 1. The van der Waals surface area contributed by atoms with Crippen molar-refractivity contribution in [1.82, 2.24) is 4.98 Å². The Balaban J connectivity index is 2.69. The second-order valence-electron chi connectivity index (χ2n) is 2.98. The first-order valence-electron chi connectivity index (χ1n) is 4.42. The highest BCUT2D eigenvalue weighted by Gasteiger charge is 2.13. The van der Waals surface area contributed by atoms with Crippen LogP contribution in [0.1, 0.15) is 12.6 Å². The molecule has 1 N–H and O–H groups in total. The number of aryl methyl sites for hydroxylation is 1. The Morgan fingerprint density at radius 2 is 2.36 bits per heavy atom. The van der Waals surface area contributed by atoms with E-state index in [1.54, 1.807) is 13.1 Å². The van der Waals surface area contributed by atoms with Crippen LogP contribution in [-0.4, -0.2) is 16.7 Å². The molecule has 0 aliphatic carbocycles. The van der Waals surface area contributed by atoms with Crippen molar-refractivity contribution in [2.75, 3.05) is 6.61 Å². The summed E-state index contributed by atoms with van der Waals surface area (Å²) in [5.41, 5.74) is 0.569. The number of ether oxygens (including phenoxy) is 1. The van der Waals surface area contributed by atoms with Gasteiger partial charge in [-0.05, 0) is 13.8 Å². The first-order chi connectivity index (χ1) is 6.74. The van der Waals surface area contributed by atoms with Gasteiger partial charge < -0.3 is 14.3 Å². The first-order valence-corrected chi connectivity index (χ1v) is 4.42. The van der Waals surface area contributed by atoms with Gasteiger partial charge in [-0.3, -0.25) is 4.98 Å². The molecule has 2 aromatic rings. The Bertz CT molecular complexity index is 462. The average Bonchev–Trinajstić information content (AvgIpc) is 2.57. The van der Waals surface area contributed by atoms with Crippen LogP contribution in [0.4, 0.5) is 0 Å². The maximum Gasteiger partial charge on any atom is 0.296 e. The minimum absolute atomic E-state index is 0.125. The van der Waals surface area contributed by atoms with E-state index in [2.05, 4.69) is 4.98 Å². The highest BCUT2D eigenvalue weighted by atomic mass is 16.6. The molecule has 0 atom stereocenters. The molecule has 0 aromatic carbocycles. The molecule has 74 valence electrons. The zero-order valence-corrected chi connectivity index (χ0v) is 8.07. The molecule has 0 saturated carbocycles. The molecular formula is C10H11NO3. The number of aromatic hydroxyl groups is 1. The van der Waals surface area contributed by atoms with E-state index in [9.17, 15) is 5.11 Å². The number of nitrogens with zero attached hydrogens (tertiary/aromatic N) is 1. The third kappa shape index (κ3) is 1.19. The van der Waals surface area contributed by atoms with Gasteiger partial charge in [-0.1, -0.05) is 0 Å². The third-order valence-electron chi connectivity index (χ3n) is 2.04. The van der Waals surface area contributed by atoms with Gasteiger partial charge in [-0.15, -0.1) is 0 Å². The van der Waals surface area contributed by atoms with Crippen molar-refractivity contribution >= 4 is 10.8 Å². The Labute approximate surface area is 81.1 Å². The van der Waals surface area contributed by atoms with Crippen LogP contribution in [0.15, 0.2) is 16.9 Å². The SMILES string of the molecule is CCOc1occ2cnc(C)c(O)c12. The van der Waals surface area contributed by atoms with E-state index in [1.165, 1.54) is 6.26 Å². The summed E-state index contributed by atoms with van der Waals surface area (Å²) >= 11 is 0. The fourth-order valence-electron chi connectivity index (χ4n) is 1.33. The molecule has 0 radical (unpaired) electrons. The minimum atomic E-state index is 0.125. The lowest BCUT2D eigenvalue weighted by Crippen LogP contribution is -1.90. The Hall–Kier alpha value is -1.71. The molecule has 0 bridgehead atoms. The second kappa shape index (κ2) is 3.21. The lowest BCUT2D eigenvalue weighted by molar-refractivity contribution is 0.261. The van der Waals surface area contributed by atoms with Gasteiger partial charge in [0.2, 0.25) is 0 Å². The van der Waals surface area contributed by atoms with Gasteiger partial charge in [0.25, 0.3) is 5.95 Å². The van der Waals surface area contributed by atoms with Crippen molar-refractivity contribution in [3.63, 3.8) is 0 Å². The number of aromatic nitrogens is 1. The standard InChI is InChI=1S/C10H11NO3/c1-3-13-10-8-7(5-14-10)4-11-6(2)9(8)12/h4-5,12H,3H2,1-2H3. The smallest absolute Gasteiger partial charge is 0.296 e. The second-order valence-corrected chi connectivity index (χ2v) is 2.98. The van der Waals surface area contributed by atoms with Crippen LogP contribution >= 0.6 is 0 Å². The normalized spacial score (nSPS) is 10.7. The van der Waals surface area contributed by atoms with Gasteiger partial charge in [-0.2, -0.15) is 0 Å². The fourth-order valence-corrected chi connectivity index (χ4v) is 1.33. The number of hydrogen-bond acceptors (Lipinski definition) is 4. The summed E-state index contributed by atoms with van der Waals surface area (Å²) in [6.07, 6.45) is 3.17. The lowest BCUT2D eigenvalue weighted by Gasteiger charge is -2.01. The van der Waals surface area contributed by atoms with Crippen LogP contribution in [0.5, 0.6) is 11.7 Å². The van der Waals surface area contributed by atoms with Crippen LogP contribution < -0.4 is 4.74 Å². The maximum atomic E-state index is 9.75. The number of hydrogen-bond donors (Lipinski definition) is 1. The van der Waals surface area contributed by atoms with Crippen LogP contribution in [0.3, 0.4) is 0 Å². The molecule has 0 saturated heterocycles. The molecule has 2 heterocycles. The van der Waals surface area contributed by atoms with Crippen molar-refractivity contribution in [2.45, 2.75) is 13.8 Å². The van der Waals surface area contributed by atoms with E-state index in [0.717, 1.165) is 5.39 Å². The molecule has 4 heteroatoms. The quantitative estimate of drug-likeness (QED) is 0.794. The van der Waals surface area contributed by atoms with Gasteiger partial charge in [0.05, 0.1) is 12.3 Å². The molecule has 0 amide bonds. The summed E-state index contributed by atoms with van der Waals surface area (Å²) in [4.78, 5) is 4.01. The van der Waals surface area contributed by atoms with Crippen LogP contribution in [-0.2, 0) is 0 Å². The van der Waals surface area contributed by atoms with Crippen molar-refractivity contribution in [3.05, 3.63) is 18.2 Å². The Morgan fingerprint density at radius 1 is 1.57 bits per heavy atom. The van der Waals surface area contributed by atoms with Crippen molar-refractivity contribution in [3.8, 4) is 11.7 Å². The summed E-state index contributed by atoms with van der Waals surface area (Å²) in [6.45, 7) is 4.10. The lowest BCUT2D eigenvalue weighted by atomic mass is 10.2. The van der Waals surface area contributed by atoms with Gasteiger partial charge in [0, 0.05) is 11.6 Å². The molecule has 0 spiro atoms. The van der Waals surface area contributed by atoms with E-state index in [-0.39, 0.29) is 5.75 Å². The van der Waals surface area contributed by atoms with E-state index >= 15 is 0 Å². The Kier molecular flexibility index (Phi) is 2.04. The predicted molar refractivity (Wildman–Crippen MR) is 51.6 cm³/mol. The van der Waals surface area contributed by atoms with E-state index in [0.29, 0.717) is 23.6 Å². The summed E-state index contributed by atoms with van der Waals surface area (Å²) < 4.78 is 10.4. The van der Waals surface area contributed by atoms with Crippen molar-refractivity contribution in [2.24, 2.45) is 0 Å². The average molecular weight is 193 g/mol. The molecule has 0 unspecified atom stereocenters. The monoisotopic (exact) mass is 193 g/mol. The maximum absolute atomic E-state index is 9.75. The number of furan rings is 1. The summed E-state index contributed by atoms with van der Waals surface area (Å²) in [5.74, 6) is 0.477. The highest BCUT2D eigenvalue weighted by Crippen LogP contribution is 2.35. The van der Waals surface area contributed by atoms with Crippen molar-refractivity contribution < 1.29 is 14.3 Å². The summed E-state index contributed by atoms with van der Waals surface area (Å²) in [6, 6.07) is 0. The minimum Gasteiger partial charge on any atom is -0.505 e. The van der Waals surface area contributed by atoms with Gasteiger partial charge in [-0.25, -0.2) is 0 Å². The van der Waals surface area contributed by atoms with E-state index in [1.807, 2.05) is 6.92 Å². The zero-order chi connectivity index (χ0) is 10.1.